The van der Waals surface area contributed by atoms with Gasteiger partial charge >= 0.3 is 0 Å². The molecule has 2 atom stereocenters. The molecule has 2 N–H and O–H groups in total. The lowest BCUT2D eigenvalue weighted by atomic mass is 10.0. The highest BCUT2D eigenvalue weighted by molar-refractivity contribution is 5.29. The van der Waals surface area contributed by atoms with Crippen LogP contribution in [0.25, 0.3) is 0 Å². The Morgan fingerprint density at radius 2 is 1.84 bits per heavy atom. The fourth-order valence-corrected chi connectivity index (χ4v) is 2.20. The van der Waals surface area contributed by atoms with Crippen molar-refractivity contribution >= 4 is 0 Å². The Morgan fingerprint density at radius 1 is 1.21 bits per heavy atom. The van der Waals surface area contributed by atoms with E-state index >= 15 is 0 Å². The first kappa shape index (κ1) is 13.6. The third-order valence-electron chi connectivity index (χ3n) is 3.75. The summed E-state index contributed by atoms with van der Waals surface area (Å²) in [4.78, 5) is 4.33. The maximum atomic E-state index is 6.35. The van der Waals surface area contributed by atoms with Crippen LogP contribution in [0.15, 0.2) is 30.6 Å². The third kappa shape index (κ3) is 2.63. The Kier molecular flexibility index (Phi) is 3.90. The SMILES string of the molecule is COc1ccc(C(N)C(C)n2cnc(C)c2C)cc1. The maximum Gasteiger partial charge on any atom is 0.118 e. The van der Waals surface area contributed by atoms with Crippen LogP contribution < -0.4 is 10.5 Å². The summed E-state index contributed by atoms with van der Waals surface area (Å²) in [6, 6.07) is 7.99. The van der Waals surface area contributed by atoms with Crippen LogP contribution in [0.4, 0.5) is 0 Å². The van der Waals surface area contributed by atoms with Crippen molar-refractivity contribution < 1.29 is 4.74 Å². The van der Waals surface area contributed by atoms with Gasteiger partial charge in [-0.2, -0.15) is 0 Å². The minimum atomic E-state index is -0.0711. The van der Waals surface area contributed by atoms with Gasteiger partial charge in [-0.1, -0.05) is 12.1 Å². The minimum Gasteiger partial charge on any atom is -0.497 e. The lowest BCUT2D eigenvalue weighted by molar-refractivity contribution is 0.413. The van der Waals surface area contributed by atoms with Gasteiger partial charge in [-0.25, -0.2) is 4.98 Å². The molecule has 2 aromatic rings. The molecule has 1 heterocycles. The summed E-state index contributed by atoms with van der Waals surface area (Å²) in [5.74, 6) is 0.846. The molecule has 1 aromatic carbocycles. The topological polar surface area (TPSA) is 53.1 Å². The first-order valence-corrected chi connectivity index (χ1v) is 6.44. The van der Waals surface area contributed by atoms with Gasteiger partial charge in [-0.05, 0) is 38.5 Å². The molecule has 4 nitrogen and oxygen atoms in total. The van der Waals surface area contributed by atoms with Crippen LogP contribution in [0.3, 0.4) is 0 Å². The molecule has 102 valence electrons. The molecule has 2 unspecified atom stereocenters. The Labute approximate surface area is 114 Å². The number of nitrogens with two attached hydrogens (primary N) is 1. The molecule has 0 fully saturated rings. The summed E-state index contributed by atoms with van der Waals surface area (Å²) in [5, 5.41) is 0. The number of ether oxygens (including phenoxy) is 1. The van der Waals surface area contributed by atoms with Crippen molar-refractivity contribution in [2.45, 2.75) is 32.9 Å². The van der Waals surface area contributed by atoms with Crippen LogP contribution in [-0.4, -0.2) is 16.7 Å². The van der Waals surface area contributed by atoms with Gasteiger partial charge in [0.25, 0.3) is 0 Å². The first-order valence-electron chi connectivity index (χ1n) is 6.44. The van der Waals surface area contributed by atoms with E-state index in [1.54, 1.807) is 7.11 Å². The molecule has 0 aliphatic rings. The monoisotopic (exact) mass is 259 g/mol. The first-order chi connectivity index (χ1) is 9.04. The van der Waals surface area contributed by atoms with Gasteiger partial charge < -0.3 is 15.0 Å². The normalized spacial score (nSPS) is 14.2. The number of methoxy groups -OCH3 is 1. The second-order valence-electron chi connectivity index (χ2n) is 4.86. The molecule has 0 aliphatic heterocycles. The van der Waals surface area contributed by atoms with Crippen LogP contribution in [-0.2, 0) is 0 Å². The zero-order valence-electron chi connectivity index (χ0n) is 11.9. The van der Waals surface area contributed by atoms with Crippen LogP contribution in [0, 0.1) is 13.8 Å². The smallest absolute Gasteiger partial charge is 0.118 e. The van der Waals surface area contributed by atoms with Crippen LogP contribution in [0.1, 0.15) is 36.0 Å². The highest BCUT2D eigenvalue weighted by Crippen LogP contribution is 2.26. The third-order valence-corrected chi connectivity index (χ3v) is 3.75. The number of nitrogens with zero attached hydrogens (tertiary/aromatic N) is 2. The summed E-state index contributed by atoms with van der Waals surface area (Å²) in [6.45, 7) is 6.19. The number of hydrogen-bond acceptors (Lipinski definition) is 3. The number of aryl methyl sites for hydroxylation is 1. The van der Waals surface area contributed by atoms with Gasteiger partial charge in [0.1, 0.15) is 5.75 Å². The van der Waals surface area contributed by atoms with E-state index < -0.39 is 0 Å². The van der Waals surface area contributed by atoms with Gasteiger partial charge in [-0.15, -0.1) is 0 Å². The van der Waals surface area contributed by atoms with E-state index in [4.69, 9.17) is 10.5 Å². The average molecular weight is 259 g/mol. The summed E-state index contributed by atoms with van der Waals surface area (Å²) >= 11 is 0. The molecule has 1 aromatic heterocycles. The van der Waals surface area contributed by atoms with E-state index in [-0.39, 0.29) is 12.1 Å². The van der Waals surface area contributed by atoms with Crippen molar-refractivity contribution in [3.05, 3.63) is 47.5 Å². The predicted molar refractivity (Wildman–Crippen MR) is 76.3 cm³/mol. The standard InChI is InChI=1S/C15H21N3O/c1-10-11(2)18(9-17-10)12(3)15(16)13-5-7-14(19-4)8-6-13/h5-9,12,15H,16H2,1-4H3. The van der Waals surface area contributed by atoms with E-state index in [0.717, 1.165) is 22.7 Å². The molecule has 0 bridgehead atoms. The van der Waals surface area contributed by atoms with Gasteiger partial charge in [0.2, 0.25) is 0 Å². The molecule has 0 amide bonds. The van der Waals surface area contributed by atoms with Crippen molar-refractivity contribution in [2.24, 2.45) is 5.73 Å². The number of imidazole rings is 1. The van der Waals surface area contributed by atoms with Crippen molar-refractivity contribution in [1.82, 2.24) is 9.55 Å². The van der Waals surface area contributed by atoms with Crippen molar-refractivity contribution in [1.29, 1.82) is 0 Å². The average Bonchev–Trinajstić information content (AvgIpc) is 2.77. The van der Waals surface area contributed by atoms with Crippen molar-refractivity contribution in [3.8, 4) is 5.75 Å². The molecule has 0 spiro atoms. The van der Waals surface area contributed by atoms with Gasteiger partial charge in [-0.3, -0.25) is 0 Å². The van der Waals surface area contributed by atoms with Crippen molar-refractivity contribution in [2.75, 3.05) is 7.11 Å². The lowest BCUT2D eigenvalue weighted by Gasteiger charge is -2.23. The highest BCUT2D eigenvalue weighted by atomic mass is 16.5. The summed E-state index contributed by atoms with van der Waals surface area (Å²) in [5.41, 5.74) is 9.66. The fraction of sp³-hybridized carbons (Fsp3) is 0.400. The number of aromatic nitrogens is 2. The molecule has 0 aliphatic carbocycles. The quantitative estimate of drug-likeness (QED) is 0.918. The minimum absolute atomic E-state index is 0.0711. The molecule has 0 radical (unpaired) electrons. The van der Waals surface area contributed by atoms with Gasteiger partial charge in [0.15, 0.2) is 0 Å². The molecule has 2 rings (SSSR count). The van der Waals surface area contributed by atoms with E-state index in [0.29, 0.717) is 0 Å². The molecule has 4 heteroatoms. The maximum absolute atomic E-state index is 6.35. The van der Waals surface area contributed by atoms with Crippen molar-refractivity contribution in [3.63, 3.8) is 0 Å². The molecular weight excluding hydrogens is 238 g/mol. The second kappa shape index (κ2) is 5.45. The van der Waals surface area contributed by atoms with E-state index in [1.807, 2.05) is 37.5 Å². The lowest BCUT2D eigenvalue weighted by Crippen LogP contribution is -2.22. The number of rotatable bonds is 4. The Hall–Kier alpha value is -1.81. The zero-order valence-corrected chi connectivity index (χ0v) is 11.9. The van der Waals surface area contributed by atoms with Crippen LogP contribution in [0.5, 0.6) is 5.75 Å². The largest absolute Gasteiger partial charge is 0.497 e. The second-order valence-corrected chi connectivity index (χ2v) is 4.86. The predicted octanol–water partition coefficient (Wildman–Crippen LogP) is 2.77. The Bertz CT molecular complexity index is 545. The Balaban J connectivity index is 2.22. The summed E-state index contributed by atoms with van der Waals surface area (Å²) in [6.07, 6.45) is 1.86. The number of hydrogen-bond donors (Lipinski definition) is 1. The Morgan fingerprint density at radius 3 is 2.32 bits per heavy atom. The van der Waals surface area contributed by atoms with Crippen LogP contribution >= 0.6 is 0 Å². The van der Waals surface area contributed by atoms with Gasteiger partial charge in [0, 0.05) is 5.69 Å². The van der Waals surface area contributed by atoms with E-state index in [9.17, 15) is 0 Å². The molecule has 0 saturated heterocycles. The van der Waals surface area contributed by atoms with E-state index in [2.05, 4.69) is 23.4 Å². The molecule has 19 heavy (non-hydrogen) atoms. The van der Waals surface area contributed by atoms with Gasteiger partial charge in [0.05, 0.1) is 31.2 Å². The zero-order chi connectivity index (χ0) is 14.0. The fourth-order valence-electron chi connectivity index (χ4n) is 2.20. The number of benzene rings is 1. The molecule has 0 saturated carbocycles. The summed E-state index contributed by atoms with van der Waals surface area (Å²) < 4.78 is 7.29. The van der Waals surface area contributed by atoms with E-state index in [1.165, 1.54) is 0 Å². The molecular formula is C15H21N3O. The summed E-state index contributed by atoms with van der Waals surface area (Å²) in [7, 11) is 1.66. The highest BCUT2D eigenvalue weighted by Gasteiger charge is 2.18. The van der Waals surface area contributed by atoms with Crippen LogP contribution in [0.2, 0.25) is 0 Å².